The first-order chi connectivity index (χ1) is 15.5. The zero-order valence-corrected chi connectivity index (χ0v) is 20.7. The van der Waals surface area contributed by atoms with Crippen molar-refractivity contribution in [2.45, 2.75) is 104 Å². The van der Waals surface area contributed by atoms with Crippen molar-refractivity contribution in [3.8, 4) is 11.5 Å². The predicted octanol–water partition coefficient (Wildman–Crippen LogP) is 8.07. The second kappa shape index (κ2) is 18.6. The highest BCUT2D eigenvalue weighted by molar-refractivity contribution is 5.87. The SMILES string of the molecule is COc1cc(/C=C/C(=O)OCCCCCCCCCCCCCCCC(C)C)ccc1O. The van der Waals surface area contributed by atoms with Gasteiger partial charge in [0.1, 0.15) is 0 Å². The van der Waals surface area contributed by atoms with E-state index >= 15 is 0 Å². The average Bonchev–Trinajstić information content (AvgIpc) is 2.78. The molecule has 0 aromatic heterocycles. The van der Waals surface area contributed by atoms with Crippen LogP contribution in [0.3, 0.4) is 0 Å². The van der Waals surface area contributed by atoms with Gasteiger partial charge in [0.15, 0.2) is 11.5 Å². The Morgan fingerprint density at radius 2 is 1.41 bits per heavy atom. The Bertz CT molecular complexity index is 636. The number of esters is 1. The summed E-state index contributed by atoms with van der Waals surface area (Å²) in [5, 5.41) is 9.59. The molecular formula is C28H46O4. The average molecular weight is 447 g/mol. The molecule has 0 radical (unpaired) electrons. The molecule has 1 N–H and O–H groups in total. The van der Waals surface area contributed by atoms with Crippen LogP contribution in [0.1, 0.15) is 109 Å². The summed E-state index contributed by atoms with van der Waals surface area (Å²) in [6, 6.07) is 4.94. The number of unbranched alkanes of at least 4 members (excludes halogenated alkanes) is 12. The lowest BCUT2D eigenvalue weighted by molar-refractivity contribution is -0.137. The number of aromatic hydroxyl groups is 1. The smallest absolute Gasteiger partial charge is 0.330 e. The molecule has 0 saturated heterocycles. The van der Waals surface area contributed by atoms with E-state index in [9.17, 15) is 9.90 Å². The minimum Gasteiger partial charge on any atom is -0.504 e. The maximum atomic E-state index is 11.8. The largest absolute Gasteiger partial charge is 0.504 e. The van der Waals surface area contributed by atoms with Crippen molar-refractivity contribution in [3.05, 3.63) is 29.8 Å². The van der Waals surface area contributed by atoms with E-state index in [2.05, 4.69) is 13.8 Å². The van der Waals surface area contributed by atoms with E-state index in [0.717, 1.165) is 24.3 Å². The highest BCUT2D eigenvalue weighted by Gasteiger charge is 2.02. The fourth-order valence-electron chi connectivity index (χ4n) is 3.78. The first-order valence-corrected chi connectivity index (χ1v) is 12.7. The maximum absolute atomic E-state index is 11.8. The van der Waals surface area contributed by atoms with Gasteiger partial charge in [-0.05, 0) is 36.1 Å². The highest BCUT2D eigenvalue weighted by Crippen LogP contribution is 2.26. The van der Waals surface area contributed by atoms with Gasteiger partial charge in [0.25, 0.3) is 0 Å². The number of carbonyl (C=O) groups is 1. The van der Waals surface area contributed by atoms with E-state index in [-0.39, 0.29) is 11.7 Å². The van der Waals surface area contributed by atoms with Crippen LogP contribution in [0.2, 0.25) is 0 Å². The summed E-state index contributed by atoms with van der Waals surface area (Å²) in [5.41, 5.74) is 0.776. The Morgan fingerprint density at radius 3 is 1.94 bits per heavy atom. The summed E-state index contributed by atoms with van der Waals surface area (Å²) in [6.45, 7) is 5.10. The quantitative estimate of drug-likeness (QED) is 0.133. The summed E-state index contributed by atoms with van der Waals surface area (Å²) >= 11 is 0. The summed E-state index contributed by atoms with van der Waals surface area (Å²) in [6.07, 6.45) is 21.5. The molecule has 1 aromatic rings. The molecule has 0 aliphatic heterocycles. The van der Waals surface area contributed by atoms with Crippen LogP contribution in [0.15, 0.2) is 24.3 Å². The third-order valence-electron chi connectivity index (χ3n) is 5.79. The van der Waals surface area contributed by atoms with Gasteiger partial charge in [0.05, 0.1) is 13.7 Å². The lowest BCUT2D eigenvalue weighted by Crippen LogP contribution is -2.02. The molecule has 0 saturated carbocycles. The van der Waals surface area contributed by atoms with E-state index < -0.39 is 0 Å². The topological polar surface area (TPSA) is 55.8 Å². The van der Waals surface area contributed by atoms with Gasteiger partial charge < -0.3 is 14.6 Å². The lowest BCUT2D eigenvalue weighted by atomic mass is 10.0. The summed E-state index contributed by atoms with van der Waals surface area (Å²) in [5.74, 6) is 0.982. The number of ether oxygens (including phenoxy) is 2. The van der Waals surface area contributed by atoms with Crippen molar-refractivity contribution in [1.82, 2.24) is 0 Å². The zero-order chi connectivity index (χ0) is 23.4. The molecule has 182 valence electrons. The van der Waals surface area contributed by atoms with Gasteiger partial charge in [-0.3, -0.25) is 0 Å². The molecule has 1 aromatic carbocycles. The van der Waals surface area contributed by atoms with E-state index in [1.807, 2.05) is 0 Å². The summed E-state index contributed by atoms with van der Waals surface area (Å²) in [4.78, 5) is 11.8. The Labute approximate surface area is 196 Å². The zero-order valence-electron chi connectivity index (χ0n) is 20.7. The molecular weight excluding hydrogens is 400 g/mol. The lowest BCUT2D eigenvalue weighted by Gasteiger charge is -2.05. The monoisotopic (exact) mass is 446 g/mol. The molecule has 0 bridgehead atoms. The van der Waals surface area contributed by atoms with E-state index in [1.165, 1.54) is 90.2 Å². The van der Waals surface area contributed by atoms with Crippen molar-refractivity contribution >= 4 is 12.0 Å². The molecule has 0 aliphatic carbocycles. The van der Waals surface area contributed by atoms with Crippen LogP contribution in [0.25, 0.3) is 6.08 Å². The normalized spacial score (nSPS) is 11.4. The van der Waals surface area contributed by atoms with E-state index in [4.69, 9.17) is 9.47 Å². The number of phenolic OH excluding ortho intramolecular Hbond substituents is 1. The fourth-order valence-corrected chi connectivity index (χ4v) is 3.78. The maximum Gasteiger partial charge on any atom is 0.330 e. The van der Waals surface area contributed by atoms with E-state index in [0.29, 0.717) is 12.4 Å². The molecule has 0 heterocycles. The van der Waals surface area contributed by atoms with Crippen molar-refractivity contribution in [2.75, 3.05) is 13.7 Å². The second-order valence-corrected chi connectivity index (χ2v) is 9.21. The van der Waals surface area contributed by atoms with Gasteiger partial charge in [-0.25, -0.2) is 4.79 Å². The fraction of sp³-hybridized carbons (Fsp3) is 0.679. The van der Waals surface area contributed by atoms with Gasteiger partial charge in [0, 0.05) is 6.08 Å². The molecule has 32 heavy (non-hydrogen) atoms. The van der Waals surface area contributed by atoms with Crippen molar-refractivity contribution in [2.24, 2.45) is 5.92 Å². The third-order valence-corrected chi connectivity index (χ3v) is 5.79. The van der Waals surface area contributed by atoms with Crippen LogP contribution in [-0.4, -0.2) is 24.8 Å². The molecule has 0 unspecified atom stereocenters. The number of phenols is 1. The number of rotatable bonds is 19. The molecule has 0 atom stereocenters. The van der Waals surface area contributed by atoms with Crippen LogP contribution in [0.4, 0.5) is 0 Å². The Kier molecular flexibility index (Phi) is 16.3. The molecule has 0 aliphatic rings. The van der Waals surface area contributed by atoms with Crippen LogP contribution >= 0.6 is 0 Å². The summed E-state index contributed by atoms with van der Waals surface area (Å²) < 4.78 is 10.3. The molecule has 1 rings (SSSR count). The van der Waals surface area contributed by atoms with Crippen LogP contribution < -0.4 is 4.74 Å². The van der Waals surface area contributed by atoms with Gasteiger partial charge in [-0.15, -0.1) is 0 Å². The van der Waals surface area contributed by atoms with Gasteiger partial charge in [0.2, 0.25) is 0 Å². The molecule has 4 heteroatoms. The third kappa shape index (κ3) is 14.9. The molecule has 0 spiro atoms. The Morgan fingerprint density at radius 1 is 0.875 bits per heavy atom. The molecule has 4 nitrogen and oxygen atoms in total. The van der Waals surface area contributed by atoms with Crippen LogP contribution in [0, 0.1) is 5.92 Å². The minimum absolute atomic E-state index is 0.0788. The predicted molar refractivity (Wildman–Crippen MR) is 134 cm³/mol. The van der Waals surface area contributed by atoms with Crippen molar-refractivity contribution < 1.29 is 19.4 Å². The van der Waals surface area contributed by atoms with Crippen molar-refractivity contribution in [3.63, 3.8) is 0 Å². The van der Waals surface area contributed by atoms with E-state index in [1.54, 1.807) is 24.3 Å². The Balaban J connectivity index is 1.90. The van der Waals surface area contributed by atoms with Crippen LogP contribution in [-0.2, 0) is 9.53 Å². The number of benzene rings is 1. The molecule has 0 amide bonds. The van der Waals surface area contributed by atoms with Gasteiger partial charge >= 0.3 is 5.97 Å². The first-order valence-electron chi connectivity index (χ1n) is 12.7. The number of methoxy groups -OCH3 is 1. The number of hydrogen-bond acceptors (Lipinski definition) is 4. The first kappa shape index (κ1) is 28.1. The second-order valence-electron chi connectivity index (χ2n) is 9.21. The standard InChI is InChI=1S/C28H46O4/c1-24(2)17-15-13-11-9-7-5-4-6-8-10-12-14-16-22-32-28(30)21-19-25-18-20-26(29)27(23-25)31-3/h18-21,23-24,29H,4-17,22H2,1-3H3/b21-19+. The van der Waals surface area contributed by atoms with Gasteiger partial charge in [-0.1, -0.05) is 103 Å². The van der Waals surface area contributed by atoms with Gasteiger partial charge in [-0.2, -0.15) is 0 Å². The Hall–Kier alpha value is -1.97. The van der Waals surface area contributed by atoms with Crippen molar-refractivity contribution in [1.29, 1.82) is 0 Å². The minimum atomic E-state index is -0.336. The summed E-state index contributed by atoms with van der Waals surface area (Å²) in [7, 11) is 1.49. The highest BCUT2D eigenvalue weighted by atomic mass is 16.5. The van der Waals surface area contributed by atoms with Crippen LogP contribution in [0.5, 0.6) is 11.5 Å². The molecule has 0 fully saturated rings. The number of hydrogen-bond donors (Lipinski definition) is 1. The number of carbonyl (C=O) groups excluding carboxylic acids is 1.